The third kappa shape index (κ3) is 4.13. The molecule has 0 saturated heterocycles. The molecule has 0 bridgehead atoms. The van der Waals surface area contributed by atoms with Crippen molar-refractivity contribution >= 4 is 23.3 Å². The molecule has 0 fully saturated rings. The lowest BCUT2D eigenvalue weighted by atomic mass is 10.1. The van der Waals surface area contributed by atoms with Gasteiger partial charge in [-0.2, -0.15) is 0 Å². The lowest BCUT2D eigenvalue weighted by Crippen LogP contribution is -2.31. The maximum Gasteiger partial charge on any atom is 0.319 e. The van der Waals surface area contributed by atoms with Crippen molar-refractivity contribution in [3.63, 3.8) is 0 Å². The number of anilines is 1. The summed E-state index contributed by atoms with van der Waals surface area (Å²) >= 11 is 6.00. The third-order valence-electron chi connectivity index (χ3n) is 3.09. The number of hydrogen-bond donors (Lipinski definition) is 2. The standard InChI is InChI=1S/C16H17ClN2O2/c1-11(12-7-9-13(21-2)10-8-12)18-16(20)19-15-6-4-3-5-14(15)17/h3-11H,1-2H3,(H2,18,19,20). The summed E-state index contributed by atoms with van der Waals surface area (Å²) in [5, 5.41) is 6.09. The van der Waals surface area contributed by atoms with Crippen LogP contribution in [0.15, 0.2) is 48.5 Å². The highest BCUT2D eigenvalue weighted by Crippen LogP contribution is 2.21. The number of amides is 2. The molecule has 2 aromatic rings. The normalized spacial score (nSPS) is 11.6. The first-order valence-corrected chi connectivity index (χ1v) is 6.94. The van der Waals surface area contributed by atoms with E-state index in [0.717, 1.165) is 11.3 Å². The van der Waals surface area contributed by atoms with Gasteiger partial charge in [0.1, 0.15) is 5.75 Å². The third-order valence-corrected chi connectivity index (χ3v) is 3.42. The van der Waals surface area contributed by atoms with E-state index in [-0.39, 0.29) is 12.1 Å². The van der Waals surface area contributed by atoms with E-state index >= 15 is 0 Å². The van der Waals surface area contributed by atoms with Crippen LogP contribution in [0.2, 0.25) is 5.02 Å². The number of urea groups is 1. The first-order chi connectivity index (χ1) is 10.1. The van der Waals surface area contributed by atoms with Crippen LogP contribution in [0, 0.1) is 0 Å². The van der Waals surface area contributed by atoms with Gasteiger partial charge < -0.3 is 15.4 Å². The maximum absolute atomic E-state index is 12.0. The molecule has 0 aliphatic carbocycles. The highest BCUT2D eigenvalue weighted by molar-refractivity contribution is 6.33. The minimum atomic E-state index is -0.300. The Bertz CT molecular complexity index is 614. The first kappa shape index (κ1) is 15.2. The van der Waals surface area contributed by atoms with Gasteiger partial charge in [0.25, 0.3) is 0 Å². The van der Waals surface area contributed by atoms with Gasteiger partial charge in [0.05, 0.1) is 23.9 Å². The topological polar surface area (TPSA) is 50.4 Å². The molecule has 5 heteroatoms. The van der Waals surface area contributed by atoms with Gasteiger partial charge in [0.15, 0.2) is 0 Å². The van der Waals surface area contributed by atoms with Crippen LogP contribution in [0.4, 0.5) is 10.5 Å². The highest BCUT2D eigenvalue weighted by Gasteiger charge is 2.10. The van der Waals surface area contributed by atoms with Crippen molar-refractivity contribution in [2.75, 3.05) is 12.4 Å². The summed E-state index contributed by atoms with van der Waals surface area (Å²) < 4.78 is 5.11. The van der Waals surface area contributed by atoms with Gasteiger partial charge in [-0.25, -0.2) is 4.79 Å². The molecular weight excluding hydrogens is 288 g/mol. The molecule has 0 aliphatic heterocycles. The predicted molar refractivity (Wildman–Crippen MR) is 85.0 cm³/mol. The molecule has 110 valence electrons. The Morgan fingerprint density at radius 3 is 2.43 bits per heavy atom. The molecule has 2 rings (SSSR count). The van der Waals surface area contributed by atoms with Crippen molar-refractivity contribution in [3.05, 3.63) is 59.1 Å². The first-order valence-electron chi connectivity index (χ1n) is 6.56. The second-order valence-electron chi connectivity index (χ2n) is 4.57. The zero-order valence-electron chi connectivity index (χ0n) is 11.9. The summed E-state index contributed by atoms with van der Waals surface area (Å²) in [6.07, 6.45) is 0. The quantitative estimate of drug-likeness (QED) is 0.888. The van der Waals surface area contributed by atoms with Gasteiger partial charge >= 0.3 is 6.03 Å². The summed E-state index contributed by atoms with van der Waals surface area (Å²) in [5.74, 6) is 0.784. The van der Waals surface area contributed by atoms with E-state index in [0.29, 0.717) is 10.7 Å². The lowest BCUT2D eigenvalue weighted by Gasteiger charge is -2.16. The molecule has 1 unspecified atom stereocenters. The Balaban J connectivity index is 1.97. The number of para-hydroxylation sites is 1. The van der Waals surface area contributed by atoms with E-state index in [1.54, 1.807) is 19.2 Å². The molecule has 0 heterocycles. The largest absolute Gasteiger partial charge is 0.497 e. The monoisotopic (exact) mass is 304 g/mol. The lowest BCUT2D eigenvalue weighted by molar-refractivity contribution is 0.249. The van der Waals surface area contributed by atoms with Crippen molar-refractivity contribution in [2.45, 2.75) is 13.0 Å². The average Bonchev–Trinajstić information content (AvgIpc) is 2.49. The van der Waals surface area contributed by atoms with Gasteiger partial charge in [-0.1, -0.05) is 35.9 Å². The Morgan fingerprint density at radius 1 is 1.14 bits per heavy atom. The van der Waals surface area contributed by atoms with Crippen LogP contribution in [0.25, 0.3) is 0 Å². The number of rotatable bonds is 4. The van der Waals surface area contributed by atoms with Crippen LogP contribution in [-0.4, -0.2) is 13.1 Å². The molecule has 2 N–H and O–H groups in total. The van der Waals surface area contributed by atoms with E-state index in [2.05, 4.69) is 10.6 Å². The summed E-state index contributed by atoms with van der Waals surface area (Å²) in [6, 6.07) is 14.2. The average molecular weight is 305 g/mol. The smallest absolute Gasteiger partial charge is 0.319 e. The molecule has 1 atom stereocenters. The molecule has 2 amide bonds. The Morgan fingerprint density at radius 2 is 1.81 bits per heavy atom. The fourth-order valence-electron chi connectivity index (χ4n) is 1.89. The molecule has 0 spiro atoms. The molecule has 0 saturated carbocycles. The molecule has 0 aliphatic rings. The van der Waals surface area contributed by atoms with Crippen molar-refractivity contribution in [2.24, 2.45) is 0 Å². The van der Waals surface area contributed by atoms with Crippen molar-refractivity contribution in [1.82, 2.24) is 5.32 Å². The van der Waals surface area contributed by atoms with Gasteiger partial charge in [-0.3, -0.25) is 0 Å². The molecule has 2 aromatic carbocycles. The van der Waals surface area contributed by atoms with Crippen LogP contribution in [0.3, 0.4) is 0 Å². The van der Waals surface area contributed by atoms with Crippen molar-refractivity contribution in [1.29, 1.82) is 0 Å². The summed E-state index contributed by atoms with van der Waals surface area (Å²) in [5.41, 5.74) is 1.57. The number of halogens is 1. The number of nitrogens with one attached hydrogen (secondary N) is 2. The van der Waals surface area contributed by atoms with Crippen LogP contribution in [0.5, 0.6) is 5.75 Å². The molecule has 21 heavy (non-hydrogen) atoms. The van der Waals surface area contributed by atoms with E-state index < -0.39 is 0 Å². The van der Waals surface area contributed by atoms with Crippen molar-refractivity contribution < 1.29 is 9.53 Å². The summed E-state index contributed by atoms with van der Waals surface area (Å²) in [7, 11) is 1.62. The van der Waals surface area contributed by atoms with Gasteiger partial charge in [0.2, 0.25) is 0 Å². The van der Waals surface area contributed by atoms with E-state index in [1.165, 1.54) is 0 Å². The number of carbonyl (C=O) groups excluding carboxylic acids is 1. The van der Waals surface area contributed by atoms with Gasteiger partial charge in [-0.15, -0.1) is 0 Å². The Hall–Kier alpha value is -2.20. The number of methoxy groups -OCH3 is 1. The van der Waals surface area contributed by atoms with Crippen LogP contribution >= 0.6 is 11.6 Å². The Labute approximate surface area is 129 Å². The molecule has 0 aromatic heterocycles. The van der Waals surface area contributed by atoms with Gasteiger partial charge in [0, 0.05) is 0 Å². The number of benzene rings is 2. The van der Waals surface area contributed by atoms with Crippen LogP contribution in [0.1, 0.15) is 18.5 Å². The summed E-state index contributed by atoms with van der Waals surface area (Å²) in [6.45, 7) is 1.91. The SMILES string of the molecule is COc1ccc(C(C)NC(=O)Nc2ccccc2Cl)cc1. The van der Waals surface area contributed by atoms with Gasteiger partial charge in [-0.05, 0) is 36.8 Å². The Kier molecular flexibility index (Phi) is 5.06. The number of ether oxygens (including phenoxy) is 1. The number of hydrogen-bond acceptors (Lipinski definition) is 2. The minimum Gasteiger partial charge on any atom is -0.497 e. The zero-order valence-corrected chi connectivity index (χ0v) is 12.6. The van der Waals surface area contributed by atoms with Crippen LogP contribution in [-0.2, 0) is 0 Å². The van der Waals surface area contributed by atoms with Crippen molar-refractivity contribution in [3.8, 4) is 5.75 Å². The fourth-order valence-corrected chi connectivity index (χ4v) is 2.08. The zero-order chi connectivity index (χ0) is 15.2. The van der Waals surface area contributed by atoms with Crippen LogP contribution < -0.4 is 15.4 Å². The summed E-state index contributed by atoms with van der Waals surface area (Å²) in [4.78, 5) is 12.0. The molecule has 4 nitrogen and oxygen atoms in total. The van der Waals surface area contributed by atoms with E-state index in [1.807, 2.05) is 43.3 Å². The fraction of sp³-hybridized carbons (Fsp3) is 0.188. The number of carbonyl (C=O) groups is 1. The highest BCUT2D eigenvalue weighted by atomic mass is 35.5. The second kappa shape index (κ2) is 6.99. The van der Waals surface area contributed by atoms with E-state index in [4.69, 9.17) is 16.3 Å². The maximum atomic E-state index is 12.0. The predicted octanol–water partition coefficient (Wildman–Crippen LogP) is 4.23. The molecular formula is C16H17ClN2O2. The second-order valence-corrected chi connectivity index (χ2v) is 4.98. The molecule has 0 radical (unpaired) electrons. The van der Waals surface area contributed by atoms with E-state index in [9.17, 15) is 4.79 Å². The minimum absolute atomic E-state index is 0.126.